The quantitative estimate of drug-likeness (QED) is 0.189. The van der Waals surface area contributed by atoms with E-state index in [2.05, 4.69) is 21.3 Å². The number of nitrogens with zero attached hydrogens (tertiary/aromatic N) is 2. The van der Waals surface area contributed by atoms with Crippen molar-refractivity contribution in [3.05, 3.63) is 35.9 Å². The first kappa shape index (κ1) is 40.9. The van der Waals surface area contributed by atoms with Gasteiger partial charge in [0, 0.05) is 20.1 Å². The van der Waals surface area contributed by atoms with Crippen molar-refractivity contribution in [1.82, 2.24) is 31.1 Å². The van der Waals surface area contributed by atoms with E-state index in [1.807, 2.05) is 20.8 Å². The molecule has 51 heavy (non-hydrogen) atoms. The van der Waals surface area contributed by atoms with Crippen LogP contribution in [0.15, 0.2) is 30.3 Å². The molecule has 0 bridgehead atoms. The third-order valence-corrected chi connectivity index (χ3v) is 9.40. The number of likely N-dealkylation sites (N-methyl/N-ethyl adjacent to an activating group) is 1. The van der Waals surface area contributed by atoms with Crippen molar-refractivity contribution in [2.24, 2.45) is 11.8 Å². The highest BCUT2D eigenvalue weighted by Gasteiger charge is 2.44. The number of ether oxygens (including phenoxy) is 1. The van der Waals surface area contributed by atoms with Gasteiger partial charge in [-0.1, -0.05) is 76.8 Å². The standard InChI is InChI=1S/C37H56N6O8/c1-7-14-27(32(45)34(47)38-21-29(44)40-30(35(48)42(5)6)25-15-10-8-11-16-25)39-33(46)28-20-19-24(4)43(28)36(49)31(26-17-12-9-13-18-26)41-37(50)51-22-23(2)3/h8,10-11,15-16,23-24,26-28,30-31H,7,9,12-14,17-22H2,1-6H3,(H,38,47)(H,39,46)(H,40,44)(H,41,50)/t24-,27-,28-,30-,31-/m0/s1. The largest absolute Gasteiger partial charge is 0.449 e. The lowest BCUT2D eigenvalue weighted by Crippen LogP contribution is -2.59. The van der Waals surface area contributed by atoms with Gasteiger partial charge in [0.25, 0.3) is 5.91 Å². The lowest BCUT2D eigenvalue weighted by atomic mass is 9.83. The van der Waals surface area contributed by atoms with Crippen LogP contribution in [0.25, 0.3) is 0 Å². The number of hydrogen-bond acceptors (Lipinski definition) is 8. The highest BCUT2D eigenvalue weighted by molar-refractivity contribution is 6.38. The van der Waals surface area contributed by atoms with E-state index >= 15 is 0 Å². The second-order valence-corrected chi connectivity index (χ2v) is 14.2. The van der Waals surface area contributed by atoms with E-state index in [0.29, 0.717) is 24.8 Å². The van der Waals surface area contributed by atoms with Gasteiger partial charge in [0.15, 0.2) is 0 Å². The fourth-order valence-electron chi connectivity index (χ4n) is 6.67. The van der Waals surface area contributed by atoms with Gasteiger partial charge in [0.2, 0.25) is 29.4 Å². The molecule has 1 aromatic carbocycles. The SMILES string of the molecule is CCC[C@H](NC(=O)[C@@H]1CC[C@H](C)N1C(=O)[C@@H](NC(=O)OCC(C)C)C1CCCCC1)C(=O)C(=O)NCC(=O)N[C@H](C(=O)N(C)C)c1ccccc1. The van der Waals surface area contributed by atoms with E-state index < -0.39 is 60.3 Å². The van der Waals surface area contributed by atoms with Gasteiger partial charge in [-0.05, 0) is 56.4 Å². The Morgan fingerprint density at radius 2 is 1.57 bits per heavy atom. The summed E-state index contributed by atoms with van der Waals surface area (Å²) < 4.78 is 5.34. The monoisotopic (exact) mass is 712 g/mol. The number of amides is 6. The minimum absolute atomic E-state index is 0.103. The third-order valence-electron chi connectivity index (χ3n) is 9.40. The minimum Gasteiger partial charge on any atom is -0.449 e. The normalized spacial score (nSPS) is 19.3. The lowest BCUT2D eigenvalue weighted by Gasteiger charge is -2.36. The highest BCUT2D eigenvalue weighted by Crippen LogP contribution is 2.31. The van der Waals surface area contributed by atoms with Crippen molar-refractivity contribution in [1.29, 1.82) is 0 Å². The van der Waals surface area contributed by atoms with Crippen molar-refractivity contribution < 1.29 is 38.3 Å². The zero-order valence-corrected chi connectivity index (χ0v) is 30.9. The maximum absolute atomic E-state index is 14.2. The molecule has 6 amide bonds. The molecule has 1 heterocycles. The number of nitrogens with one attached hydrogen (secondary N) is 4. The number of likely N-dealkylation sites (tertiary alicyclic amines) is 1. The van der Waals surface area contributed by atoms with Gasteiger partial charge in [-0.15, -0.1) is 0 Å². The van der Waals surface area contributed by atoms with Crippen molar-refractivity contribution in [3.63, 3.8) is 0 Å². The molecule has 2 fully saturated rings. The van der Waals surface area contributed by atoms with E-state index in [4.69, 9.17) is 4.74 Å². The second-order valence-electron chi connectivity index (χ2n) is 14.2. The van der Waals surface area contributed by atoms with Crippen LogP contribution in [0.5, 0.6) is 0 Å². The van der Waals surface area contributed by atoms with Gasteiger partial charge in [-0.3, -0.25) is 28.8 Å². The fraction of sp³-hybridized carbons (Fsp3) is 0.649. The van der Waals surface area contributed by atoms with Gasteiger partial charge in [-0.25, -0.2) is 4.79 Å². The van der Waals surface area contributed by atoms with Crippen LogP contribution in [0.1, 0.15) is 97.1 Å². The first-order valence-corrected chi connectivity index (χ1v) is 18.2. The number of rotatable bonds is 16. The molecule has 0 unspecified atom stereocenters. The molecule has 0 aromatic heterocycles. The van der Waals surface area contributed by atoms with E-state index in [1.54, 1.807) is 51.4 Å². The van der Waals surface area contributed by atoms with Crippen LogP contribution in [0.4, 0.5) is 4.79 Å². The summed E-state index contributed by atoms with van der Waals surface area (Å²) in [7, 11) is 3.12. The average molecular weight is 713 g/mol. The maximum Gasteiger partial charge on any atom is 0.407 e. The molecule has 1 saturated heterocycles. The molecular weight excluding hydrogens is 656 g/mol. The summed E-state index contributed by atoms with van der Waals surface area (Å²) in [5.41, 5.74) is 0.554. The van der Waals surface area contributed by atoms with E-state index in [1.165, 1.54) is 9.80 Å². The topological polar surface area (TPSA) is 183 Å². The zero-order chi connectivity index (χ0) is 37.7. The predicted molar refractivity (Wildman–Crippen MR) is 190 cm³/mol. The van der Waals surface area contributed by atoms with Crippen molar-refractivity contribution in [3.8, 4) is 0 Å². The fourth-order valence-corrected chi connectivity index (χ4v) is 6.67. The summed E-state index contributed by atoms with van der Waals surface area (Å²) >= 11 is 0. The molecule has 1 aliphatic heterocycles. The number of carbonyl (C=O) groups is 7. The molecule has 4 N–H and O–H groups in total. The summed E-state index contributed by atoms with van der Waals surface area (Å²) in [4.78, 5) is 95.4. The Hall–Kier alpha value is -4.49. The summed E-state index contributed by atoms with van der Waals surface area (Å²) in [5.74, 6) is -3.96. The lowest BCUT2D eigenvalue weighted by molar-refractivity contribution is -0.144. The van der Waals surface area contributed by atoms with Gasteiger partial charge >= 0.3 is 6.09 Å². The number of Topliss-reactive ketones (excluding diaryl/α,β-unsaturated/α-hetero) is 1. The molecule has 0 radical (unpaired) electrons. The van der Waals surface area contributed by atoms with Crippen molar-refractivity contribution >= 4 is 41.4 Å². The molecule has 0 spiro atoms. The smallest absolute Gasteiger partial charge is 0.407 e. The van der Waals surface area contributed by atoms with Crippen LogP contribution in [0, 0.1) is 11.8 Å². The van der Waals surface area contributed by atoms with Crippen molar-refractivity contribution in [2.45, 2.75) is 116 Å². The Labute approximate surface area is 301 Å². The molecule has 1 aliphatic carbocycles. The van der Waals surface area contributed by atoms with Gasteiger partial charge in [-0.2, -0.15) is 0 Å². The van der Waals surface area contributed by atoms with Gasteiger partial charge in [0.05, 0.1) is 19.2 Å². The van der Waals surface area contributed by atoms with Crippen LogP contribution >= 0.6 is 0 Å². The molecular formula is C37H56N6O8. The van der Waals surface area contributed by atoms with Gasteiger partial charge < -0.3 is 35.8 Å². The van der Waals surface area contributed by atoms with E-state index in [0.717, 1.165) is 32.1 Å². The summed E-state index contributed by atoms with van der Waals surface area (Å²) in [5, 5.41) is 10.4. The van der Waals surface area contributed by atoms with Crippen LogP contribution in [-0.4, -0.2) is 103 Å². The maximum atomic E-state index is 14.2. The third kappa shape index (κ3) is 11.8. The highest BCUT2D eigenvalue weighted by atomic mass is 16.5. The molecule has 3 rings (SSSR count). The Kier molecular flexibility index (Phi) is 15.9. The van der Waals surface area contributed by atoms with E-state index in [9.17, 15) is 33.6 Å². The number of hydrogen-bond donors (Lipinski definition) is 4. The Balaban J connectivity index is 1.68. The summed E-state index contributed by atoms with van der Waals surface area (Å²) in [6.07, 6.45) is 5.28. The molecule has 2 aliphatic rings. The van der Waals surface area contributed by atoms with Crippen LogP contribution in [0.3, 0.4) is 0 Å². The molecule has 14 nitrogen and oxygen atoms in total. The summed E-state index contributed by atoms with van der Waals surface area (Å²) in [6, 6.07) is 4.39. The number of ketones is 1. The van der Waals surface area contributed by atoms with Crippen molar-refractivity contribution in [2.75, 3.05) is 27.2 Å². The molecule has 14 heteroatoms. The number of alkyl carbamates (subject to hydrolysis) is 1. The minimum atomic E-state index is -1.19. The van der Waals surface area contributed by atoms with Crippen LogP contribution in [0.2, 0.25) is 0 Å². The molecule has 5 atom stereocenters. The number of carbonyl (C=O) groups excluding carboxylic acids is 7. The van der Waals surface area contributed by atoms with Crippen LogP contribution in [-0.2, 0) is 33.5 Å². The average Bonchev–Trinajstić information content (AvgIpc) is 3.51. The second kappa shape index (κ2) is 19.8. The molecule has 1 saturated carbocycles. The first-order valence-electron chi connectivity index (χ1n) is 18.2. The summed E-state index contributed by atoms with van der Waals surface area (Å²) in [6.45, 7) is 7.12. The predicted octanol–water partition coefficient (Wildman–Crippen LogP) is 2.61. The van der Waals surface area contributed by atoms with Gasteiger partial charge in [0.1, 0.15) is 18.1 Å². The van der Waals surface area contributed by atoms with E-state index in [-0.39, 0.29) is 42.7 Å². The first-order chi connectivity index (χ1) is 24.2. The number of benzene rings is 1. The zero-order valence-electron chi connectivity index (χ0n) is 30.9. The Morgan fingerprint density at radius 1 is 0.902 bits per heavy atom. The van der Waals surface area contributed by atoms with Crippen LogP contribution < -0.4 is 21.3 Å². The Bertz CT molecular complexity index is 1380. The molecule has 1 aromatic rings. The Morgan fingerprint density at radius 3 is 2.18 bits per heavy atom. The molecule has 282 valence electrons.